The summed E-state index contributed by atoms with van der Waals surface area (Å²) in [4.78, 5) is 4.25. The van der Waals surface area contributed by atoms with Crippen molar-refractivity contribution in [3.63, 3.8) is 0 Å². The maximum absolute atomic E-state index is 5.50. The Balaban J connectivity index is 2.50. The number of anilines is 1. The summed E-state index contributed by atoms with van der Waals surface area (Å²) >= 11 is 0. The van der Waals surface area contributed by atoms with E-state index in [-0.39, 0.29) is 6.10 Å². The maximum Gasteiger partial charge on any atom is 0.0892 e. The van der Waals surface area contributed by atoms with E-state index in [2.05, 4.69) is 17.2 Å². The molecule has 1 heterocycles. The molecule has 0 saturated heterocycles. The van der Waals surface area contributed by atoms with Crippen LogP contribution in [0.3, 0.4) is 0 Å². The fourth-order valence-corrected chi connectivity index (χ4v) is 1.19. The summed E-state index contributed by atoms with van der Waals surface area (Å²) in [5.41, 5.74) is 2.10. The molecular weight excluding hydrogens is 188 g/mol. The van der Waals surface area contributed by atoms with Crippen LogP contribution >= 0.6 is 0 Å². The molecule has 84 valence electrons. The van der Waals surface area contributed by atoms with E-state index in [1.807, 2.05) is 32.2 Å². The van der Waals surface area contributed by atoms with E-state index in [0.717, 1.165) is 24.3 Å². The second-order valence-electron chi connectivity index (χ2n) is 3.82. The highest BCUT2D eigenvalue weighted by Crippen LogP contribution is 2.09. The number of nitrogens with zero attached hydrogens (tertiary/aromatic N) is 1. The van der Waals surface area contributed by atoms with Crippen molar-refractivity contribution < 1.29 is 4.74 Å². The zero-order valence-electron chi connectivity index (χ0n) is 9.79. The van der Waals surface area contributed by atoms with E-state index in [1.165, 1.54) is 0 Å². The minimum atomic E-state index is 0.249. The van der Waals surface area contributed by atoms with E-state index in [4.69, 9.17) is 4.74 Å². The lowest BCUT2D eigenvalue weighted by Crippen LogP contribution is -2.05. The molecule has 0 aliphatic rings. The van der Waals surface area contributed by atoms with Gasteiger partial charge in [-0.1, -0.05) is 6.92 Å². The third-order valence-electron chi connectivity index (χ3n) is 1.96. The molecule has 0 radical (unpaired) electrons. The molecule has 1 N–H and O–H groups in total. The van der Waals surface area contributed by atoms with Crippen molar-refractivity contribution in [1.29, 1.82) is 0 Å². The monoisotopic (exact) mass is 208 g/mol. The average Bonchev–Trinajstić information content (AvgIpc) is 2.24. The molecule has 1 aromatic rings. The summed E-state index contributed by atoms with van der Waals surface area (Å²) < 4.78 is 5.50. The Labute approximate surface area is 91.9 Å². The highest BCUT2D eigenvalue weighted by molar-refractivity contribution is 5.42. The molecule has 0 fully saturated rings. The van der Waals surface area contributed by atoms with Gasteiger partial charge in [-0.05, 0) is 32.4 Å². The molecule has 0 saturated carbocycles. The normalized spacial score (nSPS) is 10.7. The topological polar surface area (TPSA) is 34.2 Å². The van der Waals surface area contributed by atoms with Gasteiger partial charge in [-0.15, -0.1) is 0 Å². The smallest absolute Gasteiger partial charge is 0.0892 e. The average molecular weight is 208 g/mol. The van der Waals surface area contributed by atoms with Gasteiger partial charge in [-0.3, -0.25) is 4.98 Å². The van der Waals surface area contributed by atoms with Crippen LogP contribution in [-0.2, 0) is 11.3 Å². The zero-order chi connectivity index (χ0) is 11.1. The first-order valence-corrected chi connectivity index (χ1v) is 5.52. The number of rotatable bonds is 6. The summed E-state index contributed by atoms with van der Waals surface area (Å²) in [6.07, 6.45) is 3.19. The Kier molecular flexibility index (Phi) is 5.12. The van der Waals surface area contributed by atoms with Crippen molar-refractivity contribution >= 4 is 5.69 Å². The molecular formula is C12H20N2O. The fourth-order valence-electron chi connectivity index (χ4n) is 1.19. The van der Waals surface area contributed by atoms with Crippen LogP contribution in [0.25, 0.3) is 0 Å². The van der Waals surface area contributed by atoms with Gasteiger partial charge in [0.1, 0.15) is 0 Å². The molecule has 0 aliphatic carbocycles. The third-order valence-corrected chi connectivity index (χ3v) is 1.96. The van der Waals surface area contributed by atoms with Crippen LogP contribution in [0.15, 0.2) is 18.3 Å². The van der Waals surface area contributed by atoms with E-state index in [9.17, 15) is 0 Å². The molecule has 3 nitrogen and oxygen atoms in total. The predicted octanol–water partition coefficient (Wildman–Crippen LogP) is 2.83. The van der Waals surface area contributed by atoms with Crippen LogP contribution in [0.1, 0.15) is 32.9 Å². The van der Waals surface area contributed by atoms with Crippen molar-refractivity contribution in [3.8, 4) is 0 Å². The molecule has 1 rings (SSSR count). The molecule has 3 heteroatoms. The Morgan fingerprint density at radius 3 is 2.93 bits per heavy atom. The Morgan fingerprint density at radius 2 is 2.27 bits per heavy atom. The SMILES string of the molecule is CCCNc1ccnc(COC(C)C)c1. The summed E-state index contributed by atoms with van der Waals surface area (Å²) in [6, 6.07) is 4.02. The summed E-state index contributed by atoms with van der Waals surface area (Å²) in [7, 11) is 0. The molecule has 1 aromatic heterocycles. The summed E-state index contributed by atoms with van der Waals surface area (Å²) in [5, 5.41) is 3.33. The van der Waals surface area contributed by atoms with Gasteiger partial charge in [0, 0.05) is 18.4 Å². The van der Waals surface area contributed by atoms with Gasteiger partial charge in [0.05, 0.1) is 18.4 Å². The molecule has 0 spiro atoms. The highest BCUT2D eigenvalue weighted by Gasteiger charge is 1.99. The van der Waals surface area contributed by atoms with Gasteiger partial charge in [0.2, 0.25) is 0 Å². The summed E-state index contributed by atoms with van der Waals surface area (Å²) in [6.45, 7) is 7.78. The number of aromatic nitrogens is 1. The van der Waals surface area contributed by atoms with Crippen molar-refractivity contribution in [3.05, 3.63) is 24.0 Å². The maximum atomic E-state index is 5.50. The van der Waals surface area contributed by atoms with Gasteiger partial charge in [-0.25, -0.2) is 0 Å². The molecule has 15 heavy (non-hydrogen) atoms. The van der Waals surface area contributed by atoms with E-state index in [0.29, 0.717) is 6.61 Å². The van der Waals surface area contributed by atoms with E-state index < -0.39 is 0 Å². The first-order valence-electron chi connectivity index (χ1n) is 5.52. The number of pyridine rings is 1. The second-order valence-corrected chi connectivity index (χ2v) is 3.82. The van der Waals surface area contributed by atoms with Crippen LogP contribution in [0, 0.1) is 0 Å². The van der Waals surface area contributed by atoms with Gasteiger partial charge in [0.25, 0.3) is 0 Å². The Bertz CT molecular complexity index is 287. The van der Waals surface area contributed by atoms with Crippen LogP contribution in [0.5, 0.6) is 0 Å². The van der Waals surface area contributed by atoms with Gasteiger partial charge in [0.15, 0.2) is 0 Å². The van der Waals surface area contributed by atoms with Crippen molar-refractivity contribution in [2.24, 2.45) is 0 Å². The molecule has 0 aromatic carbocycles. The first kappa shape index (κ1) is 12.0. The van der Waals surface area contributed by atoms with Crippen LogP contribution in [0.4, 0.5) is 5.69 Å². The Hall–Kier alpha value is -1.09. The number of hydrogen-bond acceptors (Lipinski definition) is 3. The molecule has 0 atom stereocenters. The van der Waals surface area contributed by atoms with E-state index >= 15 is 0 Å². The van der Waals surface area contributed by atoms with Crippen molar-refractivity contribution in [1.82, 2.24) is 4.98 Å². The molecule has 0 aliphatic heterocycles. The van der Waals surface area contributed by atoms with Crippen LogP contribution in [-0.4, -0.2) is 17.6 Å². The van der Waals surface area contributed by atoms with Gasteiger partial charge in [-0.2, -0.15) is 0 Å². The molecule has 0 bridgehead atoms. The van der Waals surface area contributed by atoms with Gasteiger partial charge >= 0.3 is 0 Å². The van der Waals surface area contributed by atoms with E-state index in [1.54, 1.807) is 0 Å². The molecule has 0 amide bonds. The standard InChI is InChI=1S/C12H20N2O/c1-4-6-13-11-5-7-14-12(8-11)9-15-10(2)3/h5,7-8,10H,4,6,9H2,1-3H3,(H,13,14). The predicted molar refractivity (Wildman–Crippen MR) is 62.9 cm³/mol. The quantitative estimate of drug-likeness (QED) is 0.780. The number of hydrogen-bond donors (Lipinski definition) is 1. The van der Waals surface area contributed by atoms with Gasteiger partial charge < -0.3 is 10.1 Å². The Morgan fingerprint density at radius 1 is 1.47 bits per heavy atom. The lowest BCUT2D eigenvalue weighted by molar-refractivity contribution is 0.0636. The lowest BCUT2D eigenvalue weighted by Gasteiger charge is -2.09. The largest absolute Gasteiger partial charge is 0.385 e. The third kappa shape index (κ3) is 4.79. The lowest BCUT2D eigenvalue weighted by atomic mass is 10.3. The fraction of sp³-hybridized carbons (Fsp3) is 0.583. The number of ether oxygens (including phenoxy) is 1. The van der Waals surface area contributed by atoms with Crippen LogP contribution < -0.4 is 5.32 Å². The first-order chi connectivity index (χ1) is 7.22. The summed E-state index contributed by atoms with van der Waals surface area (Å²) in [5.74, 6) is 0. The number of nitrogens with one attached hydrogen (secondary N) is 1. The molecule has 0 unspecified atom stereocenters. The second kappa shape index (κ2) is 6.40. The zero-order valence-corrected chi connectivity index (χ0v) is 9.79. The minimum Gasteiger partial charge on any atom is -0.385 e. The van der Waals surface area contributed by atoms with Crippen LogP contribution in [0.2, 0.25) is 0 Å². The van der Waals surface area contributed by atoms with Crippen molar-refractivity contribution in [2.45, 2.75) is 39.9 Å². The van der Waals surface area contributed by atoms with Crippen molar-refractivity contribution in [2.75, 3.05) is 11.9 Å². The highest BCUT2D eigenvalue weighted by atomic mass is 16.5. The minimum absolute atomic E-state index is 0.249.